The normalized spacial score (nSPS) is 18.3. The first kappa shape index (κ1) is 24.1. The average Bonchev–Trinajstić information content (AvgIpc) is 3.48. The predicted molar refractivity (Wildman–Crippen MR) is 140 cm³/mol. The van der Waals surface area contributed by atoms with Crippen LogP contribution in [0.25, 0.3) is 28.1 Å². The van der Waals surface area contributed by atoms with Crippen molar-refractivity contribution in [3.05, 3.63) is 69.7 Å². The molecule has 0 aliphatic heterocycles. The molecular formula is C25H23ClFN7OS. The molecule has 0 saturated heterocycles. The molecule has 2 unspecified atom stereocenters. The number of carbonyl (C=O) groups is 1. The molecule has 5 rings (SSSR count). The van der Waals surface area contributed by atoms with Gasteiger partial charge in [-0.3, -0.25) is 9.78 Å². The van der Waals surface area contributed by atoms with Crippen molar-refractivity contribution in [2.75, 3.05) is 0 Å². The number of fused-ring (bicyclic) bond motifs is 1. The van der Waals surface area contributed by atoms with Gasteiger partial charge in [-0.1, -0.05) is 35.1 Å². The number of nitrogens with zero attached hydrogens (tertiary/aromatic N) is 4. The molecule has 4 N–H and O–H groups in total. The van der Waals surface area contributed by atoms with Gasteiger partial charge < -0.3 is 21.0 Å². The summed E-state index contributed by atoms with van der Waals surface area (Å²) >= 11 is 7.08. The molecule has 1 aliphatic carbocycles. The molecule has 0 bridgehead atoms. The molecule has 3 aromatic heterocycles. The summed E-state index contributed by atoms with van der Waals surface area (Å²) in [5.41, 5.74) is 8.73. The highest BCUT2D eigenvalue weighted by Crippen LogP contribution is 2.37. The number of benzene rings is 1. The molecule has 8 nitrogen and oxygen atoms in total. The van der Waals surface area contributed by atoms with E-state index in [2.05, 4.69) is 15.3 Å². The van der Waals surface area contributed by atoms with Crippen molar-refractivity contribution in [3.63, 3.8) is 0 Å². The number of amides is 1. The first-order valence-electron chi connectivity index (χ1n) is 11.5. The summed E-state index contributed by atoms with van der Waals surface area (Å²) in [5.74, 6) is -0.120. The number of imidazole rings is 1. The van der Waals surface area contributed by atoms with E-state index >= 15 is 0 Å². The van der Waals surface area contributed by atoms with E-state index in [4.69, 9.17) is 27.7 Å². The maximum absolute atomic E-state index is 14.9. The largest absolute Gasteiger partial charge is 0.397 e. The summed E-state index contributed by atoms with van der Waals surface area (Å²) < 4.78 is 17.4. The number of aromatic nitrogens is 4. The van der Waals surface area contributed by atoms with Crippen LogP contribution >= 0.6 is 22.9 Å². The molecular weight excluding hydrogens is 501 g/mol. The fourth-order valence-electron chi connectivity index (χ4n) is 4.67. The van der Waals surface area contributed by atoms with Gasteiger partial charge in [0.05, 0.1) is 34.9 Å². The first-order chi connectivity index (χ1) is 17.4. The summed E-state index contributed by atoms with van der Waals surface area (Å²) in [6, 6.07) is 8.23. The summed E-state index contributed by atoms with van der Waals surface area (Å²) in [6.45, 7) is 0. The van der Waals surface area contributed by atoms with Gasteiger partial charge in [-0.25, -0.2) is 14.4 Å². The van der Waals surface area contributed by atoms with Gasteiger partial charge >= 0.3 is 0 Å². The Kier molecular flexibility index (Phi) is 6.80. The number of rotatable bonds is 6. The monoisotopic (exact) mass is 523 g/mol. The third-order valence-corrected chi connectivity index (χ3v) is 7.38. The highest BCUT2D eigenvalue weighted by molar-refractivity contribution is 7.17. The van der Waals surface area contributed by atoms with E-state index in [-0.39, 0.29) is 23.8 Å². The van der Waals surface area contributed by atoms with Crippen molar-refractivity contribution in [1.82, 2.24) is 24.8 Å². The van der Waals surface area contributed by atoms with Crippen LogP contribution in [-0.4, -0.2) is 37.7 Å². The highest BCUT2D eigenvalue weighted by atomic mass is 35.5. The third-order valence-electron chi connectivity index (χ3n) is 6.27. The van der Waals surface area contributed by atoms with Gasteiger partial charge in [-0.05, 0) is 50.0 Å². The molecule has 1 aliphatic rings. The zero-order chi connectivity index (χ0) is 25.2. The molecule has 4 aromatic rings. The topological polar surface area (TPSA) is 123 Å². The molecule has 11 heteroatoms. The second-order valence-corrected chi connectivity index (χ2v) is 10.3. The van der Waals surface area contributed by atoms with Crippen LogP contribution in [0.2, 0.25) is 4.34 Å². The Morgan fingerprint density at radius 1 is 1.28 bits per heavy atom. The lowest BCUT2D eigenvalue weighted by Gasteiger charge is -2.32. The maximum Gasteiger partial charge on any atom is 0.280 e. The van der Waals surface area contributed by atoms with Crippen molar-refractivity contribution in [1.29, 1.82) is 5.41 Å². The molecule has 0 radical (unpaired) electrons. The maximum atomic E-state index is 14.9. The van der Waals surface area contributed by atoms with Crippen LogP contribution in [-0.2, 0) is 0 Å². The molecule has 36 heavy (non-hydrogen) atoms. The minimum absolute atomic E-state index is 0.0493. The smallest absolute Gasteiger partial charge is 0.280 e. The van der Waals surface area contributed by atoms with E-state index < -0.39 is 0 Å². The average molecular weight is 524 g/mol. The Balaban J connectivity index is 1.55. The van der Waals surface area contributed by atoms with Crippen molar-refractivity contribution >= 4 is 51.8 Å². The van der Waals surface area contributed by atoms with Gasteiger partial charge in [0.15, 0.2) is 5.01 Å². The van der Waals surface area contributed by atoms with E-state index in [1.807, 2.05) is 10.6 Å². The summed E-state index contributed by atoms with van der Waals surface area (Å²) in [4.78, 5) is 25.9. The molecule has 0 spiro atoms. The molecule has 1 amide bonds. The van der Waals surface area contributed by atoms with Crippen molar-refractivity contribution < 1.29 is 9.18 Å². The van der Waals surface area contributed by atoms with E-state index in [9.17, 15) is 9.18 Å². The third kappa shape index (κ3) is 4.74. The SMILES string of the molecule is N=C/C=C(\N)c1cc2c(cn1)nc(-c1ccccc1F)n2C1CCCC(NC(=O)c2ncc(Cl)s2)C1. The number of carbonyl (C=O) groups excluding carboxylic acids is 1. The van der Waals surface area contributed by atoms with Crippen LogP contribution in [0.1, 0.15) is 47.2 Å². The molecule has 1 aromatic carbocycles. The van der Waals surface area contributed by atoms with E-state index in [0.29, 0.717) is 44.1 Å². The van der Waals surface area contributed by atoms with E-state index in [1.54, 1.807) is 24.4 Å². The van der Waals surface area contributed by atoms with Crippen LogP contribution < -0.4 is 11.1 Å². The Morgan fingerprint density at radius 2 is 2.11 bits per heavy atom. The Bertz CT molecular complexity index is 1480. The second kappa shape index (κ2) is 10.2. The van der Waals surface area contributed by atoms with Gasteiger partial charge in [0, 0.05) is 18.3 Å². The lowest BCUT2D eigenvalue weighted by molar-refractivity contribution is 0.0920. The van der Waals surface area contributed by atoms with E-state index in [0.717, 1.165) is 42.3 Å². The lowest BCUT2D eigenvalue weighted by Crippen LogP contribution is -2.39. The highest BCUT2D eigenvalue weighted by Gasteiger charge is 2.29. The van der Waals surface area contributed by atoms with Crippen molar-refractivity contribution in [2.24, 2.45) is 5.73 Å². The Morgan fingerprint density at radius 3 is 2.86 bits per heavy atom. The number of nitrogens with two attached hydrogens (primary N) is 1. The fraction of sp³-hybridized carbons (Fsp3) is 0.240. The fourth-order valence-corrected chi connectivity index (χ4v) is 5.49. The van der Waals surface area contributed by atoms with E-state index in [1.165, 1.54) is 18.3 Å². The number of allylic oxidation sites excluding steroid dienone is 1. The molecule has 3 heterocycles. The molecule has 2 atom stereocenters. The van der Waals surface area contributed by atoms with Gasteiger partial charge in [-0.2, -0.15) is 0 Å². The van der Waals surface area contributed by atoms with Crippen LogP contribution in [0.4, 0.5) is 4.39 Å². The van der Waals surface area contributed by atoms with Gasteiger partial charge in [0.25, 0.3) is 5.91 Å². The summed E-state index contributed by atoms with van der Waals surface area (Å²) in [6.07, 6.45) is 8.82. The van der Waals surface area contributed by atoms with Crippen LogP contribution in [0.15, 0.2) is 48.8 Å². The summed E-state index contributed by atoms with van der Waals surface area (Å²) in [7, 11) is 0. The quantitative estimate of drug-likeness (QED) is 0.299. The van der Waals surface area contributed by atoms with Crippen molar-refractivity contribution in [2.45, 2.75) is 37.8 Å². The Labute approximate surface area is 215 Å². The van der Waals surface area contributed by atoms with Gasteiger partial charge in [-0.15, -0.1) is 0 Å². The van der Waals surface area contributed by atoms with Crippen molar-refractivity contribution in [3.8, 4) is 11.4 Å². The molecule has 184 valence electrons. The first-order valence-corrected chi connectivity index (χ1v) is 12.7. The van der Waals surface area contributed by atoms with Crippen LogP contribution in [0, 0.1) is 11.2 Å². The Hall–Kier alpha value is -3.63. The standard InChI is InChI=1S/C25H23ClFN7OS/c26-22-13-31-25(36-22)24(35)32-14-4-3-5-15(10-14)34-21-11-19(18(29)8-9-28)30-12-20(21)33-23(34)16-6-1-2-7-17(16)27/h1-2,6-9,11-15,28H,3-5,10,29H2,(H,32,35)/b18-8-,28-9?. The number of pyridine rings is 1. The lowest BCUT2D eigenvalue weighted by atomic mass is 9.90. The van der Waals surface area contributed by atoms with Crippen LogP contribution in [0.5, 0.6) is 0 Å². The number of thiazole rings is 1. The minimum atomic E-state index is -0.369. The second-order valence-electron chi connectivity index (χ2n) is 8.59. The predicted octanol–water partition coefficient (Wildman–Crippen LogP) is 5.21. The molecule has 1 saturated carbocycles. The number of nitrogens with one attached hydrogen (secondary N) is 2. The summed E-state index contributed by atoms with van der Waals surface area (Å²) in [5, 5.41) is 10.7. The zero-order valence-electron chi connectivity index (χ0n) is 19.1. The number of hydrogen-bond acceptors (Lipinski definition) is 7. The van der Waals surface area contributed by atoms with Crippen LogP contribution in [0.3, 0.4) is 0 Å². The van der Waals surface area contributed by atoms with Gasteiger partial charge in [0.2, 0.25) is 0 Å². The zero-order valence-corrected chi connectivity index (χ0v) is 20.7. The minimum Gasteiger partial charge on any atom is -0.397 e. The molecule has 1 fully saturated rings. The number of halogens is 2. The number of hydrogen-bond donors (Lipinski definition) is 3. The van der Waals surface area contributed by atoms with Gasteiger partial charge in [0.1, 0.15) is 21.5 Å².